The SMILES string of the molecule is O[C@H]1c2ccccc2C=C[C@@H]1N1CCN(c2ccc(F)cc2)CC1. The molecule has 2 aliphatic rings. The van der Waals surface area contributed by atoms with Crippen molar-refractivity contribution in [1.29, 1.82) is 0 Å². The Morgan fingerprint density at radius 1 is 0.917 bits per heavy atom. The van der Waals surface area contributed by atoms with Crippen molar-refractivity contribution in [3.05, 3.63) is 71.6 Å². The van der Waals surface area contributed by atoms with Crippen LogP contribution < -0.4 is 4.90 Å². The van der Waals surface area contributed by atoms with E-state index in [1.165, 1.54) is 12.1 Å². The maximum atomic E-state index is 13.1. The first-order chi connectivity index (χ1) is 11.7. The summed E-state index contributed by atoms with van der Waals surface area (Å²) in [6.07, 6.45) is 3.74. The number of aliphatic hydroxyl groups is 1. The van der Waals surface area contributed by atoms with Crippen LogP contribution in [0.4, 0.5) is 10.1 Å². The van der Waals surface area contributed by atoms with Crippen molar-refractivity contribution in [2.45, 2.75) is 12.1 Å². The molecule has 2 aromatic carbocycles. The van der Waals surface area contributed by atoms with Gasteiger partial charge in [0.1, 0.15) is 5.82 Å². The number of benzene rings is 2. The van der Waals surface area contributed by atoms with E-state index in [1.807, 2.05) is 36.4 Å². The Morgan fingerprint density at radius 2 is 1.62 bits per heavy atom. The molecule has 124 valence electrons. The molecule has 24 heavy (non-hydrogen) atoms. The van der Waals surface area contributed by atoms with Gasteiger partial charge in [-0.2, -0.15) is 0 Å². The number of aliphatic hydroxyl groups excluding tert-OH is 1. The summed E-state index contributed by atoms with van der Waals surface area (Å²) in [7, 11) is 0. The molecule has 3 nitrogen and oxygen atoms in total. The van der Waals surface area contributed by atoms with E-state index in [0.717, 1.165) is 43.0 Å². The summed E-state index contributed by atoms with van der Waals surface area (Å²) in [6, 6.07) is 14.7. The van der Waals surface area contributed by atoms with Crippen LogP contribution in [0, 0.1) is 5.82 Å². The summed E-state index contributed by atoms with van der Waals surface area (Å²) in [5.74, 6) is -0.202. The van der Waals surface area contributed by atoms with E-state index in [-0.39, 0.29) is 11.9 Å². The highest BCUT2D eigenvalue weighted by atomic mass is 19.1. The molecule has 1 aliphatic heterocycles. The van der Waals surface area contributed by atoms with Gasteiger partial charge in [-0.3, -0.25) is 4.90 Å². The van der Waals surface area contributed by atoms with Gasteiger partial charge >= 0.3 is 0 Å². The Kier molecular flexibility index (Phi) is 4.08. The van der Waals surface area contributed by atoms with Crippen LogP contribution in [0.25, 0.3) is 6.08 Å². The average molecular weight is 324 g/mol. The molecular formula is C20H21FN2O. The highest BCUT2D eigenvalue weighted by Crippen LogP contribution is 2.31. The molecule has 0 unspecified atom stereocenters. The van der Waals surface area contributed by atoms with Gasteiger partial charge in [-0.15, -0.1) is 0 Å². The molecule has 0 aromatic heterocycles. The summed E-state index contributed by atoms with van der Waals surface area (Å²) >= 11 is 0. The van der Waals surface area contributed by atoms with Crippen LogP contribution in [-0.2, 0) is 0 Å². The van der Waals surface area contributed by atoms with Gasteiger partial charge in [0, 0.05) is 31.9 Å². The highest BCUT2D eigenvalue weighted by molar-refractivity contribution is 5.58. The number of piperazine rings is 1. The van der Waals surface area contributed by atoms with Gasteiger partial charge in [-0.05, 0) is 35.4 Å². The minimum atomic E-state index is -0.483. The van der Waals surface area contributed by atoms with Gasteiger partial charge in [0.2, 0.25) is 0 Å². The lowest BCUT2D eigenvalue weighted by Gasteiger charge is -2.42. The van der Waals surface area contributed by atoms with Gasteiger partial charge < -0.3 is 10.0 Å². The molecule has 0 saturated carbocycles. The zero-order valence-corrected chi connectivity index (χ0v) is 13.5. The second-order valence-corrected chi connectivity index (χ2v) is 6.42. The first-order valence-corrected chi connectivity index (χ1v) is 8.42. The van der Waals surface area contributed by atoms with Gasteiger partial charge in [0.25, 0.3) is 0 Å². The van der Waals surface area contributed by atoms with Crippen molar-refractivity contribution in [3.63, 3.8) is 0 Å². The third kappa shape index (κ3) is 2.83. The fourth-order valence-corrected chi connectivity index (χ4v) is 3.68. The van der Waals surface area contributed by atoms with Gasteiger partial charge in [-0.25, -0.2) is 4.39 Å². The fraction of sp³-hybridized carbons (Fsp3) is 0.300. The van der Waals surface area contributed by atoms with Crippen molar-refractivity contribution in [2.75, 3.05) is 31.1 Å². The summed E-state index contributed by atoms with van der Waals surface area (Å²) in [4.78, 5) is 4.60. The van der Waals surface area contributed by atoms with Crippen molar-refractivity contribution >= 4 is 11.8 Å². The molecular weight excluding hydrogens is 303 g/mol. The van der Waals surface area contributed by atoms with E-state index >= 15 is 0 Å². The third-order valence-corrected chi connectivity index (χ3v) is 5.04. The van der Waals surface area contributed by atoms with Crippen LogP contribution in [0.1, 0.15) is 17.2 Å². The first-order valence-electron chi connectivity index (χ1n) is 8.42. The van der Waals surface area contributed by atoms with E-state index in [4.69, 9.17) is 0 Å². The second-order valence-electron chi connectivity index (χ2n) is 6.42. The first kappa shape index (κ1) is 15.4. The Hall–Kier alpha value is -2.17. The molecule has 0 spiro atoms. The molecule has 0 bridgehead atoms. The van der Waals surface area contributed by atoms with Crippen molar-refractivity contribution in [3.8, 4) is 0 Å². The molecule has 0 radical (unpaired) electrons. The standard InChI is InChI=1S/C20H21FN2O/c21-16-6-8-17(9-7-16)22-11-13-23(14-12-22)19-10-5-15-3-1-2-4-18(15)20(19)24/h1-10,19-20,24H,11-14H2/t19-,20-/m0/s1. The smallest absolute Gasteiger partial charge is 0.123 e. The van der Waals surface area contributed by atoms with Gasteiger partial charge in [0.15, 0.2) is 0 Å². The van der Waals surface area contributed by atoms with E-state index in [2.05, 4.69) is 22.0 Å². The number of anilines is 1. The Bertz CT molecular complexity index is 736. The van der Waals surface area contributed by atoms with Gasteiger partial charge in [0.05, 0.1) is 12.1 Å². The van der Waals surface area contributed by atoms with E-state index in [0.29, 0.717) is 0 Å². The number of fused-ring (bicyclic) bond motifs is 1. The van der Waals surface area contributed by atoms with Gasteiger partial charge in [-0.1, -0.05) is 36.4 Å². The van der Waals surface area contributed by atoms with Crippen LogP contribution in [-0.4, -0.2) is 42.2 Å². The lowest BCUT2D eigenvalue weighted by Crippen LogP contribution is -2.51. The lowest BCUT2D eigenvalue weighted by atomic mass is 9.90. The van der Waals surface area contributed by atoms with Crippen LogP contribution >= 0.6 is 0 Å². The van der Waals surface area contributed by atoms with Crippen molar-refractivity contribution < 1.29 is 9.50 Å². The fourth-order valence-electron chi connectivity index (χ4n) is 3.68. The molecule has 2 aromatic rings. The monoisotopic (exact) mass is 324 g/mol. The minimum Gasteiger partial charge on any atom is -0.386 e. The van der Waals surface area contributed by atoms with Crippen molar-refractivity contribution in [2.24, 2.45) is 0 Å². The second kappa shape index (κ2) is 6.38. The van der Waals surface area contributed by atoms with Crippen molar-refractivity contribution in [1.82, 2.24) is 4.90 Å². The summed E-state index contributed by atoms with van der Waals surface area (Å²) in [5, 5.41) is 10.7. The Labute approximate surface area is 141 Å². The lowest BCUT2D eigenvalue weighted by molar-refractivity contribution is 0.0684. The van der Waals surface area contributed by atoms with Crippen LogP contribution in [0.2, 0.25) is 0 Å². The molecule has 1 aliphatic carbocycles. The number of halogens is 1. The molecule has 2 atom stereocenters. The zero-order chi connectivity index (χ0) is 16.5. The highest BCUT2D eigenvalue weighted by Gasteiger charge is 2.31. The van der Waals surface area contributed by atoms with Crippen LogP contribution in [0.5, 0.6) is 0 Å². The molecule has 4 rings (SSSR count). The number of hydrogen-bond acceptors (Lipinski definition) is 3. The zero-order valence-electron chi connectivity index (χ0n) is 13.5. The topological polar surface area (TPSA) is 26.7 Å². The maximum absolute atomic E-state index is 13.1. The quantitative estimate of drug-likeness (QED) is 0.920. The molecule has 4 heteroatoms. The largest absolute Gasteiger partial charge is 0.386 e. The van der Waals surface area contributed by atoms with Crippen LogP contribution in [0.3, 0.4) is 0 Å². The number of nitrogens with zero attached hydrogens (tertiary/aromatic N) is 2. The van der Waals surface area contributed by atoms with E-state index in [1.54, 1.807) is 0 Å². The maximum Gasteiger partial charge on any atom is 0.123 e. The number of hydrogen-bond donors (Lipinski definition) is 1. The normalized spacial score (nSPS) is 24.0. The minimum absolute atomic E-state index is 0.0234. The Morgan fingerprint density at radius 3 is 2.38 bits per heavy atom. The number of rotatable bonds is 2. The predicted molar refractivity (Wildman–Crippen MR) is 94.4 cm³/mol. The molecule has 0 amide bonds. The third-order valence-electron chi connectivity index (χ3n) is 5.04. The molecule has 1 N–H and O–H groups in total. The summed E-state index contributed by atoms with van der Waals surface area (Å²) in [6.45, 7) is 3.52. The summed E-state index contributed by atoms with van der Waals surface area (Å²) < 4.78 is 13.1. The van der Waals surface area contributed by atoms with E-state index < -0.39 is 6.10 Å². The molecule has 1 heterocycles. The molecule has 1 saturated heterocycles. The summed E-state index contributed by atoms with van der Waals surface area (Å²) in [5.41, 5.74) is 3.17. The average Bonchev–Trinajstić information content (AvgIpc) is 2.63. The Balaban J connectivity index is 1.44. The predicted octanol–water partition coefficient (Wildman–Crippen LogP) is 3.08. The van der Waals surface area contributed by atoms with Crippen LogP contribution in [0.15, 0.2) is 54.6 Å². The van der Waals surface area contributed by atoms with E-state index in [9.17, 15) is 9.50 Å². The molecule has 1 fully saturated rings.